The third-order valence-corrected chi connectivity index (χ3v) is 4.08. The van der Waals surface area contributed by atoms with Gasteiger partial charge in [0.05, 0.1) is 0 Å². The lowest BCUT2D eigenvalue weighted by molar-refractivity contribution is -0.170. The Bertz CT molecular complexity index is 576. The molecule has 2 rings (SSSR count). The predicted molar refractivity (Wildman–Crippen MR) is 83.3 cm³/mol. The molecule has 0 saturated heterocycles. The van der Waals surface area contributed by atoms with E-state index in [0.29, 0.717) is 0 Å². The molecule has 4 heteroatoms. The molecule has 22 heavy (non-hydrogen) atoms. The minimum absolute atomic E-state index is 0.227. The first kappa shape index (κ1) is 16.3. The van der Waals surface area contributed by atoms with Crippen molar-refractivity contribution in [2.45, 2.75) is 39.2 Å². The van der Waals surface area contributed by atoms with Gasteiger partial charge in [-0.2, -0.15) is 0 Å². The first-order valence-corrected chi connectivity index (χ1v) is 7.41. The fraction of sp³-hybridized carbons (Fsp3) is 0.444. The zero-order valence-electron chi connectivity index (χ0n) is 13.3. The fourth-order valence-electron chi connectivity index (χ4n) is 2.70. The van der Waals surface area contributed by atoms with E-state index in [1.165, 1.54) is 18.1 Å². The molecule has 1 aromatic rings. The number of ether oxygens (including phenoxy) is 2. The lowest BCUT2D eigenvalue weighted by Crippen LogP contribution is -2.38. The fourth-order valence-corrected chi connectivity index (χ4v) is 2.70. The molecule has 118 valence electrons. The highest BCUT2D eigenvalue weighted by atomic mass is 16.6. The van der Waals surface area contributed by atoms with E-state index >= 15 is 0 Å². The Morgan fingerprint density at radius 1 is 1.23 bits per heavy atom. The molecule has 0 unspecified atom stereocenters. The molecule has 0 aromatic heterocycles. The van der Waals surface area contributed by atoms with Gasteiger partial charge in [0.25, 0.3) is 0 Å². The van der Waals surface area contributed by atoms with Gasteiger partial charge >= 0.3 is 11.9 Å². The molecule has 1 aliphatic rings. The van der Waals surface area contributed by atoms with Crippen molar-refractivity contribution in [2.75, 3.05) is 6.61 Å². The van der Waals surface area contributed by atoms with Crippen LogP contribution in [0.2, 0.25) is 0 Å². The van der Waals surface area contributed by atoms with E-state index in [0.717, 1.165) is 12.8 Å². The predicted octanol–water partition coefficient (Wildman–Crippen LogP) is 2.84. The number of fused-ring (bicyclic) bond motifs is 1. The van der Waals surface area contributed by atoms with Crippen LogP contribution in [0.1, 0.15) is 31.9 Å². The zero-order valence-corrected chi connectivity index (χ0v) is 13.3. The average Bonchev–Trinajstić information content (AvgIpc) is 2.89. The molecule has 4 nitrogen and oxygen atoms in total. The summed E-state index contributed by atoms with van der Waals surface area (Å²) < 4.78 is 10.4. The SMILES string of the molecule is C=C(C)C(=O)OCC(=O)OC(C)(C)C1Cc2ccccc2C1. The monoisotopic (exact) mass is 302 g/mol. The van der Waals surface area contributed by atoms with Crippen molar-refractivity contribution in [3.8, 4) is 0 Å². The molecule has 0 atom stereocenters. The van der Waals surface area contributed by atoms with Crippen LogP contribution < -0.4 is 0 Å². The Labute approximate surface area is 131 Å². The smallest absolute Gasteiger partial charge is 0.344 e. The normalized spacial score (nSPS) is 14.3. The van der Waals surface area contributed by atoms with Gasteiger partial charge in [-0.05, 0) is 44.7 Å². The Morgan fingerprint density at radius 2 is 1.77 bits per heavy atom. The van der Waals surface area contributed by atoms with Crippen LogP contribution in [0.15, 0.2) is 36.4 Å². The number of hydrogen-bond acceptors (Lipinski definition) is 4. The van der Waals surface area contributed by atoms with E-state index in [1.807, 2.05) is 26.0 Å². The van der Waals surface area contributed by atoms with Gasteiger partial charge in [0, 0.05) is 11.5 Å². The van der Waals surface area contributed by atoms with Gasteiger partial charge in [-0.15, -0.1) is 0 Å². The first-order chi connectivity index (χ1) is 10.3. The van der Waals surface area contributed by atoms with Crippen LogP contribution in [0.3, 0.4) is 0 Å². The van der Waals surface area contributed by atoms with Crippen LogP contribution in [-0.2, 0) is 31.9 Å². The second kappa shape index (κ2) is 6.34. The quantitative estimate of drug-likeness (QED) is 0.620. The second-order valence-corrected chi connectivity index (χ2v) is 6.31. The van der Waals surface area contributed by atoms with Crippen LogP contribution in [0.4, 0.5) is 0 Å². The van der Waals surface area contributed by atoms with E-state index in [1.54, 1.807) is 0 Å². The Kier molecular flexibility index (Phi) is 4.69. The summed E-state index contributed by atoms with van der Waals surface area (Å²) in [5.74, 6) is -0.885. The maximum absolute atomic E-state index is 11.9. The third kappa shape index (κ3) is 3.75. The lowest BCUT2D eigenvalue weighted by atomic mass is 9.88. The van der Waals surface area contributed by atoms with Crippen LogP contribution >= 0.6 is 0 Å². The number of esters is 2. The molecule has 0 heterocycles. The minimum atomic E-state index is -0.605. The van der Waals surface area contributed by atoms with Crippen molar-refractivity contribution in [2.24, 2.45) is 5.92 Å². The summed E-state index contributed by atoms with van der Waals surface area (Å²) in [6, 6.07) is 8.28. The molecule has 1 aliphatic carbocycles. The second-order valence-electron chi connectivity index (χ2n) is 6.31. The number of benzene rings is 1. The standard InChI is InChI=1S/C18H22O4/c1-12(2)17(20)21-11-16(19)22-18(3,4)15-9-13-7-5-6-8-14(13)10-15/h5-8,15H,1,9-11H2,2-4H3. The van der Waals surface area contributed by atoms with Gasteiger partial charge in [-0.25, -0.2) is 9.59 Å². The molecule has 0 bridgehead atoms. The van der Waals surface area contributed by atoms with Crippen molar-refractivity contribution >= 4 is 11.9 Å². The summed E-state index contributed by atoms with van der Waals surface area (Å²) in [6.45, 7) is 8.43. The summed E-state index contributed by atoms with van der Waals surface area (Å²) in [6.07, 6.45) is 1.78. The van der Waals surface area contributed by atoms with Crippen molar-refractivity contribution < 1.29 is 19.1 Å². The average molecular weight is 302 g/mol. The van der Waals surface area contributed by atoms with Crippen molar-refractivity contribution in [1.29, 1.82) is 0 Å². The summed E-state index contributed by atoms with van der Waals surface area (Å²) in [7, 11) is 0. The molecule has 0 saturated carbocycles. The number of carbonyl (C=O) groups excluding carboxylic acids is 2. The molecule has 0 spiro atoms. The van der Waals surface area contributed by atoms with Crippen LogP contribution in [-0.4, -0.2) is 24.1 Å². The molecule has 0 radical (unpaired) electrons. The first-order valence-electron chi connectivity index (χ1n) is 7.41. The maximum Gasteiger partial charge on any atom is 0.344 e. The van der Waals surface area contributed by atoms with Gasteiger partial charge in [0.15, 0.2) is 6.61 Å². The molecular formula is C18H22O4. The van der Waals surface area contributed by atoms with E-state index < -0.39 is 17.5 Å². The summed E-state index contributed by atoms with van der Waals surface area (Å²) in [5.41, 5.74) is 2.28. The highest BCUT2D eigenvalue weighted by molar-refractivity contribution is 5.88. The van der Waals surface area contributed by atoms with Gasteiger partial charge in [-0.1, -0.05) is 30.8 Å². The Hall–Kier alpha value is -2.10. The molecule has 0 fully saturated rings. The third-order valence-electron chi connectivity index (χ3n) is 4.08. The van der Waals surface area contributed by atoms with Gasteiger partial charge in [0.2, 0.25) is 0 Å². The number of carbonyl (C=O) groups is 2. The zero-order chi connectivity index (χ0) is 16.3. The van der Waals surface area contributed by atoms with E-state index in [2.05, 4.69) is 18.7 Å². The molecule has 1 aromatic carbocycles. The highest BCUT2D eigenvalue weighted by Gasteiger charge is 2.37. The van der Waals surface area contributed by atoms with Gasteiger partial charge in [0.1, 0.15) is 5.60 Å². The van der Waals surface area contributed by atoms with Crippen molar-refractivity contribution in [1.82, 2.24) is 0 Å². The lowest BCUT2D eigenvalue weighted by Gasteiger charge is -2.31. The van der Waals surface area contributed by atoms with E-state index in [-0.39, 0.29) is 18.1 Å². The van der Waals surface area contributed by atoms with Crippen molar-refractivity contribution in [3.63, 3.8) is 0 Å². The summed E-state index contributed by atoms with van der Waals surface area (Å²) >= 11 is 0. The summed E-state index contributed by atoms with van der Waals surface area (Å²) in [4.78, 5) is 23.2. The molecule has 0 N–H and O–H groups in total. The molecule has 0 aliphatic heterocycles. The number of rotatable bonds is 5. The Balaban J connectivity index is 1.90. The van der Waals surface area contributed by atoms with Gasteiger partial charge in [-0.3, -0.25) is 0 Å². The minimum Gasteiger partial charge on any atom is -0.457 e. The largest absolute Gasteiger partial charge is 0.457 e. The maximum atomic E-state index is 11.9. The Morgan fingerprint density at radius 3 is 2.27 bits per heavy atom. The van der Waals surface area contributed by atoms with E-state index in [4.69, 9.17) is 9.47 Å². The number of hydrogen-bond donors (Lipinski definition) is 0. The van der Waals surface area contributed by atoms with Crippen LogP contribution in [0, 0.1) is 5.92 Å². The highest BCUT2D eigenvalue weighted by Crippen LogP contribution is 2.35. The van der Waals surface area contributed by atoms with Crippen LogP contribution in [0.5, 0.6) is 0 Å². The van der Waals surface area contributed by atoms with Gasteiger partial charge < -0.3 is 9.47 Å². The molecule has 0 amide bonds. The summed E-state index contributed by atoms with van der Waals surface area (Å²) in [5, 5.41) is 0. The topological polar surface area (TPSA) is 52.6 Å². The van der Waals surface area contributed by atoms with Crippen molar-refractivity contribution in [3.05, 3.63) is 47.5 Å². The molecular weight excluding hydrogens is 280 g/mol. The van der Waals surface area contributed by atoms with E-state index in [9.17, 15) is 9.59 Å². The van der Waals surface area contributed by atoms with Crippen LogP contribution in [0.25, 0.3) is 0 Å².